The normalized spacial score (nSPS) is 27.1. The zero-order valence-electron chi connectivity index (χ0n) is 10.5. The maximum absolute atomic E-state index is 12.3. The van der Waals surface area contributed by atoms with E-state index in [1.807, 2.05) is 30.0 Å². The fourth-order valence-corrected chi connectivity index (χ4v) is 4.47. The van der Waals surface area contributed by atoms with E-state index in [9.17, 15) is 4.79 Å². The minimum absolute atomic E-state index is 0.242. The predicted molar refractivity (Wildman–Crippen MR) is 72.6 cm³/mol. The molecule has 3 aliphatic heterocycles. The van der Waals surface area contributed by atoms with Crippen molar-refractivity contribution in [1.82, 2.24) is 4.90 Å². The molecule has 2 saturated heterocycles. The molecule has 4 rings (SSSR count). The standard InChI is InChI=1S/C14H15NO3S/c16-14(15-6-11-5-10(15)7-19-11)4-9-1-2-12-13(3-9)18-8-17-12/h1-3,10-11H,4-8H2. The van der Waals surface area contributed by atoms with Crippen LogP contribution in [0.4, 0.5) is 0 Å². The Bertz CT molecular complexity index is 533. The van der Waals surface area contributed by atoms with Gasteiger partial charge in [0.25, 0.3) is 0 Å². The van der Waals surface area contributed by atoms with Gasteiger partial charge in [0.15, 0.2) is 11.5 Å². The Labute approximate surface area is 116 Å². The highest BCUT2D eigenvalue weighted by atomic mass is 32.2. The first kappa shape index (κ1) is 11.5. The van der Waals surface area contributed by atoms with Crippen LogP contribution in [0.5, 0.6) is 11.5 Å². The van der Waals surface area contributed by atoms with Crippen LogP contribution in [0.25, 0.3) is 0 Å². The Balaban J connectivity index is 1.48. The lowest BCUT2D eigenvalue weighted by molar-refractivity contribution is -0.130. The second kappa shape index (κ2) is 4.34. The van der Waals surface area contributed by atoms with Crippen molar-refractivity contribution < 1.29 is 14.3 Å². The van der Waals surface area contributed by atoms with E-state index in [0.717, 1.165) is 29.4 Å². The van der Waals surface area contributed by atoms with Crippen molar-refractivity contribution in [3.63, 3.8) is 0 Å². The topological polar surface area (TPSA) is 38.8 Å². The van der Waals surface area contributed by atoms with Crippen LogP contribution in [0.1, 0.15) is 12.0 Å². The monoisotopic (exact) mass is 277 g/mol. The highest BCUT2D eigenvalue weighted by Gasteiger charge is 2.40. The Kier molecular flexibility index (Phi) is 2.62. The van der Waals surface area contributed by atoms with Crippen LogP contribution in [0.15, 0.2) is 18.2 Å². The highest BCUT2D eigenvalue weighted by molar-refractivity contribution is 8.00. The maximum Gasteiger partial charge on any atom is 0.231 e. The molecule has 0 aromatic heterocycles. The van der Waals surface area contributed by atoms with E-state index in [1.165, 1.54) is 6.42 Å². The molecule has 3 heterocycles. The van der Waals surface area contributed by atoms with Crippen molar-refractivity contribution in [3.8, 4) is 11.5 Å². The smallest absolute Gasteiger partial charge is 0.231 e. The third kappa shape index (κ3) is 1.96. The molecule has 1 aromatic carbocycles. The molecule has 0 spiro atoms. The number of fused-ring (bicyclic) bond motifs is 3. The third-order valence-corrected chi connectivity index (χ3v) is 5.40. The fourth-order valence-electron chi connectivity index (χ4n) is 3.03. The lowest BCUT2D eigenvalue weighted by Gasteiger charge is -2.26. The van der Waals surface area contributed by atoms with E-state index in [4.69, 9.17) is 9.47 Å². The summed E-state index contributed by atoms with van der Waals surface area (Å²) in [6.07, 6.45) is 1.64. The second-order valence-electron chi connectivity index (χ2n) is 5.26. The zero-order chi connectivity index (χ0) is 12.8. The summed E-state index contributed by atoms with van der Waals surface area (Å²) >= 11 is 2.01. The summed E-state index contributed by atoms with van der Waals surface area (Å²) in [7, 11) is 0. The number of hydrogen-bond acceptors (Lipinski definition) is 4. The van der Waals surface area contributed by atoms with Gasteiger partial charge in [0.1, 0.15) is 0 Å². The van der Waals surface area contributed by atoms with Crippen molar-refractivity contribution in [2.45, 2.75) is 24.1 Å². The van der Waals surface area contributed by atoms with Gasteiger partial charge >= 0.3 is 0 Å². The van der Waals surface area contributed by atoms with Gasteiger partial charge in [-0.05, 0) is 24.1 Å². The first-order valence-corrected chi connectivity index (χ1v) is 7.64. The summed E-state index contributed by atoms with van der Waals surface area (Å²) in [4.78, 5) is 14.4. The van der Waals surface area contributed by atoms with Crippen molar-refractivity contribution in [1.29, 1.82) is 0 Å². The van der Waals surface area contributed by atoms with Crippen LogP contribution in [0.2, 0.25) is 0 Å². The molecule has 1 aromatic rings. The van der Waals surface area contributed by atoms with Crippen LogP contribution in [-0.4, -0.2) is 41.2 Å². The number of nitrogens with zero attached hydrogens (tertiary/aromatic N) is 1. The fraction of sp³-hybridized carbons (Fsp3) is 0.500. The minimum atomic E-state index is 0.242. The molecule has 1 amide bonds. The molecule has 2 unspecified atom stereocenters. The number of thioether (sulfide) groups is 1. The van der Waals surface area contributed by atoms with E-state index in [-0.39, 0.29) is 12.7 Å². The van der Waals surface area contributed by atoms with E-state index in [2.05, 4.69) is 4.90 Å². The van der Waals surface area contributed by atoms with Crippen LogP contribution in [0.3, 0.4) is 0 Å². The molecule has 2 bridgehead atoms. The second-order valence-corrected chi connectivity index (χ2v) is 6.59. The summed E-state index contributed by atoms with van der Waals surface area (Å²) < 4.78 is 10.6. The van der Waals surface area contributed by atoms with E-state index in [0.29, 0.717) is 17.7 Å². The van der Waals surface area contributed by atoms with Crippen molar-refractivity contribution in [2.75, 3.05) is 19.1 Å². The first-order valence-electron chi connectivity index (χ1n) is 6.59. The number of rotatable bonds is 2. The average molecular weight is 277 g/mol. The van der Waals surface area contributed by atoms with Gasteiger partial charge < -0.3 is 14.4 Å². The molecule has 19 heavy (non-hydrogen) atoms. The number of ether oxygens (including phenoxy) is 2. The molecule has 5 heteroatoms. The molecule has 0 aliphatic carbocycles. The Morgan fingerprint density at radius 1 is 1.37 bits per heavy atom. The van der Waals surface area contributed by atoms with Gasteiger partial charge in [0, 0.05) is 23.6 Å². The Morgan fingerprint density at radius 3 is 3.05 bits per heavy atom. The Hall–Kier alpha value is -1.36. The van der Waals surface area contributed by atoms with Crippen LogP contribution >= 0.6 is 11.8 Å². The minimum Gasteiger partial charge on any atom is -0.454 e. The molecular weight excluding hydrogens is 262 g/mol. The van der Waals surface area contributed by atoms with Gasteiger partial charge in [0.05, 0.1) is 6.42 Å². The molecule has 2 atom stereocenters. The number of carbonyl (C=O) groups excluding carboxylic acids is 1. The summed E-state index contributed by atoms with van der Waals surface area (Å²) in [6.45, 7) is 1.21. The lowest BCUT2D eigenvalue weighted by Crippen LogP contribution is -2.40. The van der Waals surface area contributed by atoms with Gasteiger partial charge in [0.2, 0.25) is 12.7 Å². The maximum atomic E-state index is 12.3. The first-order chi connectivity index (χ1) is 9.29. The number of likely N-dealkylation sites (tertiary alicyclic amines) is 1. The molecule has 3 aliphatic rings. The largest absolute Gasteiger partial charge is 0.454 e. The number of hydrogen-bond donors (Lipinski definition) is 0. The van der Waals surface area contributed by atoms with Crippen LogP contribution < -0.4 is 9.47 Å². The SMILES string of the molecule is O=C(Cc1ccc2c(c1)OCO2)N1CC2CC1CS2. The zero-order valence-corrected chi connectivity index (χ0v) is 11.3. The average Bonchev–Trinajstić information content (AvgIpc) is 3.13. The summed E-state index contributed by atoms with van der Waals surface area (Å²) in [5.74, 6) is 2.88. The van der Waals surface area contributed by atoms with Crippen LogP contribution in [0, 0.1) is 0 Å². The number of benzene rings is 1. The highest BCUT2D eigenvalue weighted by Crippen LogP contribution is 2.38. The summed E-state index contributed by atoms with van der Waals surface area (Å²) in [5, 5.41) is 0.672. The number of carbonyl (C=O) groups is 1. The van der Waals surface area contributed by atoms with Gasteiger partial charge in [-0.25, -0.2) is 0 Å². The van der Waals surface area contributed by atoms with Crippen molar-refractivity contribution >= 4 is 17.7 Å². The molecule has 0 saturated carbocycles. The van der Waals surface area contributed by atoms with Gasteiger partial charge in [-0.2, -0.15) is 11.8 Å². The van der Waals surface area contributed by atoms with Gasteiger partial charge in [-0.1, -0.05) is 6.07 Å². The van der Waals surface area contributed by atoms with Crippen molar-refractivity contribution in [3.05, 3.63) is 23.8 Å². The molecule has 100 valence electrons. The summed E-state index contributed by atoms with van der Waals surface area (Å²) in [5.41, 5.74) is 1.00. The van der Waals surface area contributed by atoms with Crippen LogP contribution in [-0.2, 0) is 11.2 Å². The Morgan fingerprint density at radius 2 is 2.26 bits per heavy atom. The molecule has 2 fully saturated rings. The molecular formula is C14H15NO3S. The number of amides is 1. The molecule has 0 radical (unpaired) electrons. The van der Waals surface area contributed by atoms with E-state index < -0.39 is 0 Å². The van der Waals surface area contributed by atoms with Gasteiger partial charge in [-0.3, -0.25) is 4.79 Å². The molecule has 4 nitrogen and oxygen atoms in total. The third-order valence-electron chi connectivity index (χ3n) is 4.01. The predicted octanol–water partition coefficient (Wildman–Crippen LogP) is 1.67. The summed E-state index contributed by atoms with van der Waals surface area (Å²) in [6, 6.07) is 6.23. The van der Waals surface area contributed by atoms with Gasteiger partial charge in [-0.15, -0.1) is 0 Å². The lowest BCUT2D eigenvalue weighted by atomic mass is 10.1. The van der Waals surface area contributed by atoms with E-state index >= 15 is 0 Å². The quantitative estimate of drug-likeness (QED) is 0.824. The van der Waals surface area contributed by atoms with E-state index in [1.54, 1.807) is 0 Å². The van der Waals surface area contributed by atoms with Crippen molar-refractivity contribution in [2.24, 2.45) is 0 Å². The molecule has 0 N–H and O–H groups in total.